The van der Waals surface area contributed by atoms with Gasteiger partial charge in [0.05, 0.1) is 30.1 Å². The van der Waals surface area contributed by atoms with Gasteiger partial charge in [0.2, 0.25) is 11.9 Å². The van der Waals surface area contributed by atoms with Crippen LogP contribution in [0.5, 0.6) is 5.75 Å². The van der Waals surface area contributed by atoms with Crippen LogP contribution in [-0.2, 0) is 27.7 Å². The maximum absolute atomic E-state index is 11.9. The highest BCUT2D eigenvalue weighted by Crippen LogP contribution is 2.26. The summed E-state index contributed by atoms with van der Waals surface area (Å²) in [4.78, 5) is 20.1. The van der Waals surface area contributed by atoms with Gasteiger partial charge in [-0.1, -0.05) is 11.6 Å². The van der Waals surface area contributed by atoms with Gasteiger partial charge in [-0.2, -0.15) is 10.1 Å². The molecule has 13 heteroatoms. The number of carbonyl (C=O) groups excluding carboxylic acids is 1. The van der Waals surface area contributed by atoms with Gasteiger partial charge in [-0.05, 0) is 18.2 Å². The first kappa shape index (κ1) is 23.3. The van der Waals surface area contributed by atoms with E-state index in [1.54, 1.807) is 19.3 Å². The van der Waals surface area contributed by atoms with Crippen LogP contribution in [0.2, 0.25) is 5.02 Å². The van der Waals surface area contributed by atoms with Crippen LogP contribution in [0.15, 0.2) is 41.7 Å². The lowest BCUT2D eigenvalue weighted by atomic mass is 10.2. The van der Waals surface area contributed by atoms with Crippen molar-refractivity contribution in [3.8, 4) is 5.75 Å². The fourth-order valence-corrected chi connectivity index (χ4v) is 3.55. The SMILES string of the molecule is CNC(=O)Cn1cc(Nc2ncc(Cl)c(NCc3cc(S(C)(=O)=O)ccc3OC)n2)cn1. The van der Waals surface area contributed by atoms with Gasteiger partial charge in [-0.3, -0.25) is 9.48 Å². The van der Waals surface area contributed by atoms with Crippen molar-refractivity contribution in [1.29, 1.82) is 0 Å². The van der Waals surface area contributed by atoms with Crippen molar-refractivity contribution >= 4 is 44.8 Å². The van der Waals surface area contributed by atoms with Gasteiger partial charge in [0.1, 0.15) is 17.3 Å². The molecule has 0 aliphatic carbocycles. The Bertz CT molecular complexity index is 1230. The summed E-state index contributed by atoms with van der Waals surface area (Å²) in [6.45, 7) is 0.299. The van der Waals surface area contributed by atoms with Crippen LogP contribution >= 0.6 is 11.6 Å². The van der Waals surface area contributed by atoms with E-state index in [0.717, 1.165) is 6.26 Å². The molecule has 0 aliphatic rings. The van der Waals surface area contributed by atoms with Crippen molar-refractivity contribution in [2.45, 2.75) is 18.0 Å². The number of anilines is 3. The second kappa shape index (κ2) is 9.83. The first-order valence-corrected chi connectivity index (χ1v) is 11.6. The number of sulfone groups is 1. The van der Waals surface area contributed by atoms with E-state index in [1.807, 2.05) is 0 Å². The van der Waals surface area contributed by atoms with E-state index < -0.39 is 9.84 Å². The summed E-state index contributed by atoms with van der Waals surface area (Å²) in [6, 6.07) is 4.62. The number of carbonyl (C=O) groups is 1. The van der Waals surface area contributed by atoms with Gasteiger partial charge in [0, 0.05) is 31.6 Å². The highest BCUT2D eigenvalue weighted by atomic mass is 35.5. The van der Waals surface area contributed by atoms with E-state index in [1.165, 1.54) is 36.3 Å². The van der Waals surface area contributed by atoms with E-state index in [2.05, 4.69) is 31.0 Å². The van der Waals surface area contributed by atoms with Crippen LogP contribution < -0.4 is 20.7 Å². The van der Waals surface area contributed by atoms with E-state index in [4.69, 9.17) is 16.3 Å². The Kier molecular flexibility index (Phi) is 7.15. The predicted octanol–water partition coefficient (Wildman–Crippen LogP) is 1.84. The smallest absolute Gasteiger partial charge is 0.241 e. The zero-order valence-electron chi connectivity index (χ0n) is 17.6. The molecule has 1 amide bonds. The fraction of sp³-hybridized carbons (Fsp3) is 0.263. The summed E-state index contributed by atoms with van der Waals surface area (Å²) in [6.07, 6.45) is 5.75. The summed E-state index contributed by atoms with van der Waals surface area (Å²) in [5.74, 6) is 0.947. The summed E-state index contributed by atoms with van der Waals surface area (Å²) in [5, 5.41) is 13.0. The van der Waals surface area contributed by atoms with Crippen molar-refractivity contribution in [2.24, 2.45) is 0 Å². The van der Waals surface area contributed by atoms with Crippen molar-refractivity contribution in [2.75, 3.05) is 31.0 Å². The normalized spacial score (nSPS) is 11.1. The first-order chi connectivity index (χ1) is 15.2. The van der Waals surface area contributed by atoms with Crippen LogP contribution in [-0.4, -0.2) is 54.5 Å². The van der Waals surface area contributed by atoms with Crippen molar-refractivity contribution in [3.63, 3.8) is 0 Å². The number of hydrogen-bond donors (Lipinski definition) is 3. The molecule has 0 saturated carbocycles. The predicted molar refractivity (Wildman–Crippen MR) is 120 cm³/mol. The van der Waals surface area contributed by atoms with E-state index >= 15 is 0 Å². The van der Waals surface area contributed by atoms with Crippen LogP contribution in [0.3, 0.4) is 0 Å². The van der Waals surface area contributed by atoms with Crippen LogP contribution in [0.1, 0.15) is 5.56 Å². The molecule has 2 heterocycles. The van der Waals surface area contributed by atoms with E-state index in [9.17, 15) is 13.2 Å². The summed E-state index contributed by atoms with van der Waals surface area (Å²) in [5.41, 5.74) is 1.21. The van der Waals surface area contributed by atoms with Crippen molar-refractivity contribution < 1.29 is 17.9 Å². The zero-order chi connectivity index (χ0) is 23.3. The molecule has 11 nitrogen and oxygen atoms in total. The lowest BCUT2D eigenvalue weighted by Gasteiger charge is -2.13. The largest absolute Gasteiger partial charge is 0.496 e. The average Bonchev–Trinajstić information content (AvgIpc) is 3.19. The molecule has 0 radical (unpaired) electrons. The monoisotopic (exact) mass is 479 g/mol. The molecule has 3 aromatic rings. The number of nitrogens with zero attached hydrogens (tertiary/aromatic N) is 4. The molecular weight excluding hydrogens is 458 g/mol. The molecule has 0 aliphatic heterocycles. The third-order valence-corrected chi connectivity index (χ3v) is 5.73. The maximum Gasteiger partial charge on any atom is 0.241 e. The number of nitrogens with one attached hydrogen (secondary N) is 3. The minimum atomic E-state index is -3.37. The first-order valence-electron chi connectivity index (χ1n) is 9.33. The van der Waals surface area contributed by atoms with Gasteiger partial charge in [0.25, 0.3) is 0 Å². The maximum atomic E-state index is 11.9. The number of halogens is 1. The lowest BCUT2D eigenvalue weighted by molar-refractivity contribution is -0.121. The van der Waals surface area contributed by atoms with Gasteiger partial charge in [-0.25, -0.2) is 13.4 Å². The Morgan fingerprint density at radius 3 is 2.75 bits per heavy atom. The Hall–Kier alpha value is -3.38. The van der Waals surface area contributed by atoms with Gasteiger partial charge >= 0.3 is 0 Å². The van der Waals surface area contributed by atoms with Gasteiger partial charge in [-0.15, -0.1) is 0 Å². The number of methoxy groups -OCH3 is 1. The Morgan fingerprint density at radius 2 is 2.06 bits per heavy atom. The lowest BCUT2D eigenvalue weighted by Crippen LogP contribution is -2.23. The number of amides is 1. The summed E-state index contributed by atoms with van der Waals surface area (Å²) < 4.78 is 30.5. The second-order valence-corrected chi connectivity index (χ2v) is 9.14. The molecule has 170 valence electrons. The molecule has 0 bridgehead atoms. The fourth-order valence-electron chi connectivity index (χ4n) is 2.72. The number of aromatic nitrogens is 4. The molecule has 0 saturated heterocycles. The topological polar surface area (TPSA) is 140 Å². The zero-order valence-corrected chi connectivity index (χ0v) is 19.2. The highest BCUT2D eigenvalue weighted by molar-refractivity contribution is 7.90. The minimum Gasteiger partial charge on any atom is -0.496 e. The number of likely N-dealkylation sites (N-methyl/N-ethyl adjacent to an activating group) is 1. The number of hydrogen-bond acceptors (Lipinski definition) is 9. The molecule has 0 fully saturated rings. The molecule has 3 N–H and O–H groups in total. The number of benzene rings is 1. The van der Waals surface area contributed by atoms with Crippen molar-refractivity contribution in [1.82, 2.24) is 25.1 Å². The number of rotatable bonds is 9. The average molecular weight is 480 g/mol. The van der Waals surface area contributed by atoms with Crippen LogP contribution in [0.25, 0.3) is 0 Å². The molecule has 0 atom stereocenters. The van der Waals surface area contributed by atoms with Crippen LogP contribution in [0.4, 0.5) is 17.5 Å². The van der Waals surface area contributed by atoms with Gasteiger partial charge < -0.3 is 20.7 Å². The quantitative estimate of drug-likeness (QED) is 0.419. The molecular formula is C19H22ClN7O4S. The molecule has 0 spiro atoms. The third-order valence-electron chi connectivity index (χ3n) is 4.34. The standard InChI is InChI=1S/C19H22ClN7O4S/c1-21-17(28)11-27-10-13(8-24-27)25-19-23-9-15(20)18(26-19)22-7-12-6-14(32(3,29)30)4-5-16(12)31-2/h4-6,8-10H,7,11H2,1-3H3,(H,21,28)(H2,22,23,25,26). The van der Waals surface area contributed by atoms with E-state index in [-0.39, 0.29) is 34.9 Å². The Balaban J connectivity index is 1.75. The number of ether oxygens (including phenoxy) is 1. The van der Waals surface area contributed by atoms with Crippen LogP contribution in [0, 0.1) is 0 Å². The van der Waals surface area contributed by atoms with Gasteiger partial charge in [0.15, 0.2) is 15.7 Å². The highest BCUT2D eigenvalue weighted by Gasteiger charge is 2.13. The molecule has 1 aromatic carbocycles. The molecule has 0 unspecified atom stereocenters. The van der Waals surface area contributed by atoms with E-state index in [0.29, 0.717) is 22.8 Å². The second-order valence-electron chi connectivity index (χ2n) is 6.71. The molecule has 3 rings (SSSR count). The Labute approximate surface area is 190 Å². The molecule has 2 aromatic heterocycles. The Morgan fingerprint density at radius 1 is 1.28 bits per heavy atom. The van der Waals surface area contributed by atoms with Crippen molar-refractivity contribution in [3.05, 3.63) is 47.4 Å². The summed E-state index contributed by atoms with van der Waals surface area (Å²) >= 11 is 6.22. The molecule has 32 heavy (non-hydrogen) atoms. The third kappa shape index (κ3) is 5.86. The summed E-state index contributed by atoms with van der Waals surface area (Å²) in [7, 11) is -0.316. The minimum absolute atomic E-state index is 0.0842.